The number of rotatable bonds is 7. The Balaban J connectivity index is 3.07. The Labute approximate surface area is 130 Å². The highest BCUT2D eigenvalue weighted by Crippen LogP contribution is 2.29. The van der Waals surface area contributed by atoms with E-state index in [0.29, 0.717) is 0 Å². The summed E-state index contributed by atoms with van der Waals surface area (Å²) in [4.78, 5) is 2.22. The molecule has 0 aromatic heterocycles. The Morgan fingerprint density at radius 1 is 1.45 bits per heavy atom. The fourth-order valence-corrected chi connectivity index (χ4v) is 2.87. The molecule has 20 heavy (non-hydrogen) atoms. The molecule has 2 atom stereocenters. The molecule has 0 aliphatic heterocycles. The minimum atomic E-state index is -0.0257. The molecule has 0 saturated carbocycles. The number of nitrogens with zero attached hydrogens (tertiary/aromatic N) is 1. The van der Waals surface area contributed by atoms with Crippen LogP contribution in [0.5, 0.6) is 5.75 Å². The summed E-state index contributed by atoms with van der Waals surface area (Å²) in [5.74, 6) is 6.71. The van der Waals surface area contributed by atoms with Crippen LogP contribution in [-0.4, -0.2) is 37.7 Å². The van der Waals surface area contributed by atoms with Crippen LogP contribution in [0.4, 0.5) is 0 Å². The van der Waals surface area contributed by atoms with E-state index in [2.05, 4.69) is 60.3 Å². The van der Waals surface area contributed by atoms with Crippen molar-refractivity contribution < 1.29 is 4.74 Å². The highest BCUT2D eigenvalue weighted by molar-refractivity contribution is 9.10. The van der Waals surface area contributed by atoms with Gasteiger partial charge < -0.3 is 9.64 Å². The molecule has 0 spiro atoms. The van der Waals surface area contributed by atoms with E-state index in [1.165, 1.54) is 0 Å². The molecule has 4 nitrogen and oxygen atoms in total. The molecule has 114 valence electrons. The Morgan fingerprint density at radius 2 is 2.10 bits per heavy atom. The summed E-state index contributed by atoms with van der Waals surface area (Å²) in [5, 5.41) is 0. The van der Waals surface area contributed by atoms with E-state index in [4.69, 9.17) is 10.6 Å². The van der Waals surface area contributed by atoms with Gasteiger partial charge in [0.15, 0.2) is 0 Å². The number of benzene rings is 1. The van der Waals surface area contributed by atoms with E-state index in [0.717, 1.165) is 28.6 Å². The average Bonchev–Trinajstić information content (AvgIpc) is 2.43. The topological polar surface area (TPSA) is 50.5 Å². The summed E-state index contributed by atoms with van der Waals surface area (Å²) in [5.41, 5.74) is 4.10. The third kappa shape index (κ3) is 3.73. The van der Waals surface area contributed by atoms with Gasteiger partial charge in [0, 0.05) is 16.1 Å². The van der Waals surface area contributed by atoms with Crippen molar-refractivity contribution in [3.8, 4) is 5.75 Å². The van der Waals surface area contributed by atoms with Crippen molar-refractivity contribution in [2.45, 2.75) is 38.3 Å². The second kappa shape index (κ2) is 7.41. The summed E-state index contributed by atoms with van der Waals surface area (Å²) in [6.07, 6.45) is 1.81. The minimum absolute atomic E-state index is 0.0257. The van der Waals surface area contributed by atoms with Gasteiger partial charge in [-0.1, -0.05) is 22.9 Å². The van der Waals surface area contributed by atoms with E-state index in [9.17, 15) is 0 Å². The molecule has 0 amide bonds. The molecule has 0 saturated heterocycles. The van der Waals surface area contributed by atoms with Crippen LogP contribution in [0, 0.1) is 0 Å². The second-order valence-electron chi connectivity index (χ2n) is 5.48. The molecule has 1 rings (SSSR count). The summed E-state index contributed by atoms with van der Waals surface area (Å²) in [7, 11) is 5.88. The predicted octanol–water partition coefficient (Wildman–Crippen LogP) is 2.56. The van der Waals surface area contributed by atoms with Crippen LogP contribution in [0.1, 0.15) is 25.8 Å². The lowest BCUT2D eigenvalue weighted by molar-refractivity contribution is 0.112. The molecule has 5 heteroatoms. The molecular weight excluding hydrogens is 318 g/mol. The van der Waals surface area contributed by atoms with Gasteiger partial charge in [0.05, 0.1) is 7.11 Å². The normalized spacial score (nSPS) is 16.0. The molecule has 2 unspecified atom stereocenters. The maximum absolute atomic E-state index is 5.82. The van der Waals surface area contributed by atoms with Gasteiger partial charge in [-0.15, -0.1) is 0 Å². The summed E-state index contributed by atoms with van der Waals surface area (Å²) >= 11 is 3.52. The van der Waals surface area contributed by atoms with Crippen molar-refractivity contribution in [2.75, 3.05) is 21.2 Å². The quantitative estimate of drug-likeness (QED) is 0.590. The lowest BCUT2D eigenvalue weighted by Crippen LogP contribution is -2.59. The summed E-state index contributed by atoms with van der Waals surface area (Å²) in [6, 6.07) is 6.18. The monoisotopic (exact) mass is 343 g/mol. The van der Waals surface area contributed by atoms with Crippen molar-refractivity contribution in [1.82, 2.24) is 10.3 Å². The number of halogens is 1. The molecule has 0 aliphatic carbocycles. The van der Waals surface area contributed by atoms with E-state index < -0.39 is 0 Å². The van der Waals surface area contributed by atoms with Gasteiger partial charge in [0.2, 0.25) is 0 Å². The number of hydrogen-bond acceptors (Lipinski definition) is 4. The third-order valence-electron chi connectivity index (χ3n) is 4.36. The van der Waals surface area contributed by atoms with Gasteiger partial charge >= 0.3 is 0 Å². The largest absolute Gasteiger partial charge is 0.496 e. The maximum Gasteiger partial charge on any atom is 0.122 e. The first-order valence-electron chi connectivity index (χ1n) is 6.85. The van der Waals surface area contributed by atoms with Crippen LogP contribution in [0.15, 0.2) is 22.7 Å². The molecule has 0 radical (unpaired) electrons. The van der Waals surface area contributed by atoms with Crippen molar-refractivity contribution >= 4 is 15.9 Å². The molecule has 1 aromatic rings. The lowest BCUT2D eigenvalue weighted by Gasteiger charge is -2.42. The van der Waals surface area contributed by atoms with Gasteiger partial charge in [-0.05, 0) is 57.6 Å². The molecule has 0 bridgehead atoms. The smallest absolute Gasteiger partial charge is 0.122 e. The SMILES string of the molecule is CCC(C)(C(Cc1cc(Br)ccc1OC)NN)N(C)C. The third-order valence-corrected chi connectivity index (χ3v) is 4.85. The summed E-state index contributed by atoms with van der Waals surface area (Å²) in [6.45, 7) is 4.41. The van der Waals surface area contributed by atoms with Crippen LogP contribution >= 0.6 is 15.9 Å². The number of hydrogen-bond donors (Lipinski definition) is 2. The number of likely N-dealkylation sites (N-methyl/N-ethyl adjacent to an activating group) is 1. The van der Waals surface area contributed by atoms with Gasteiger partial charge in [-0.2, -0.15) is 0 Å². The van der Waals surface area contributed by atoms with Gasteiger partial charge in [-0.3, -0.25) is 11.3 Å². The van der Waals surface area contributed by atoms with E-state index >= 15 is 0 Å². The Morgan fingerprint density at radius 3 is 2.55 bits per heavy atom. The molecule has 0 fully saturated rings. The zero-order valence-corrected chi connectivity index (χ0v) is 14.6. The molecule has 3 N–H and O–H groups in total. The number of hydrazine groups is 1. The van der Waals surface area contributed by atoms with Crippen LogP contribution < -0.4 is 16.0 Å². The van der Waals surface area contributed by atoms with Crippen LogP contribution in [0.2, 0.25) is 0 Å². The first-order chi connectivity index (χ1) is 9.38. The van der Waals surface area contributed by atoms with Crippen LogP contribution in [0.3, 0.4) is 0 Å². The zero-order valence-electron chi connectivity index (χ0n) is 13.0. The second-order valence-corrected chi connectivity index (χ2v) is 6.40. The van der Waals surface area contributed by atoms with Gasteiger partial charge in [0.1, 0.15) is 5.75 Å². The first kappa shape index (κ1) is 17.4. The highest BCUT2D eigenvalue weighted by Gasteiger charge is 2.34. The number of methoxy groups -OCH3 is 1. The van der Waals surface area contributed by atoms with Crippen molar-refractivity contribution in [2.24, 2.45) is 5.84 Å². The molecular formula is C15H26BrN3O. The van der Waals surface area contributed by atoms with Crippen molar-refractivity contribution in [3.05, 3.63) is 28.2 Å². The average molecular weight is 344 g/mol. The van der Waals surface area contributed by atoms with Crippen molar-refractivity contribution in [3.63, 3.8) is 0 Å². The number of nitrogens with two attached hydrogens (primary N) is 1. The van der Waals surface area contributed by atoms with E-state index in [1.807, 2.05) is 12.1 Å². The van der Waals surface area contributed by atoms with Gasteiger partial charge in [-0.25, -0.2) is 0 Å². The van der Waals surface area contributed by atoms with Crippen molar-refractivity contribution in [1.29, 1.82) is 0 Å². The highest BCUT2D eigenvalue weighted by atomic mass is 79.9. The minimum Gasteiger partial charge on any atom is -0.496 e. The van der Waals surface area contributed by atoms with E-state index in [1.54, 1.807) is 7.11 Å². The predicted molar refractivity (Wildman–Crippen MR) is 87.9 cm³/mol. The van der Waals surface area contributed by atoms with Gasteiger partial charge in [0.25, 0.3) is 0 Å². The maximum atomic E-state index is 5.82. The molecule has 0 heterocycles. The lowest BCUT2D eigenvalue weighted by atomic mass is 9.84. The number of nitrogens with one attached hydrogen (secondary N) is 1. The molecule has 0 aliphatic rings. The Hall–Kier alpha value is -0.620. The fourth-order valence-electron chi connectivity index (χ4n) is 2.46. The van der Waals surface area contributed by atoms with Crippen LogP contribution in [-0.2, 0) is 6.42 Å². The summed E-state index contributed by atoms with van der Waals surface area (Å²) < 4.78 is 6.50. The first-order valence-corrected chi connectivity index (χ1v) is 7.64. The standard InChI is InChI=1S/C15H26BrN3O/c1-6-15(2,19(3)4)14(18-17)10-11-9-12(16)7-8-13(11)20-5/h7-9,14,18H,6,10,17H2,1-5H3. The van der Waals surface area contributed by atoms with E-state index in [-0.39, 0.29) is 11.6 Å². The molecule has 1 aromatic carbocycles. The Kier molecular flexibility index (Phi) is 6.45. The Bertz CT molecular complexity index is 439. The number of ether oxygens (including phenoxy) is 1. The zero-order chi connectivity index (χ0) is 15.3. The van der Waals surface area contributed by atoms with Crippen LogP contribution in [0.25, 0.3) is 0 Å². The fraction of sp³-hybridized carbons (Fsp3) is 0.600.